The van der Waals surface area contributed by atoms with E-state index < -0.39 is 23.7 Å². The van der Waals surface area contributed by atoms with Gasteiger partial charge in [0.25, 0.3) is 0 Å². The highest BCUT2D eigenvalue weighted by atomic mass is 35.5. The fraction of sp³-hybridized carbons (Fsp3) is 0.200. The zero-order valence-corrected chi connectivity index (χ0v) is 11.6. The van der Waals surface area contributed by atoms with E-state index in [1.165, 1.54) is 31.2 Å². The first-order valence-corrected chi connectivity index (χ1v) is 6.39. The van der Waals surface area contributed by atoms with Gasteiger partial charge in [-0.2, -0.15) is 13.2 Å². The first kappa shape index (κ1) is 15.8. The molecule has 21 heavy (non-hydrogen) atoms. The molecule has 0 aliphatic rings. The molecule has 0 saturated heterocycles. The monoisotopic (exact) mass is 318 g/mol. The van der Waals surface area contributed by atoms with Crippen LogP contribution < -0.4 is 0 Å². The lowest BCUT2D eigenvalue weighted by atomic mass is 9.95. The maximum atomic E-state index is 13.3. The molecular formula is C15H11ClF4O. The minimum Gasteiger partial charge on any atom is -0.384 e. The highest BCUT2D eigenvalue weighted by molar-refractivity contribution is 6.31. The minimum absolute atomic E-state index is 0.0345. The van der Waals surface area contributed by atoms with Crippen molar-refractivity contribution < 1.29 is 22.7 Å². The Kier molecular flexibility index (Phi) is 4.25. The lowest BCUT2D eigenvalue weighted by molar-refractivity contribution is -0.139. The summed E-state index contributed by atoms with van der Waals surface area (Å²) >= 11 is 5.83. The number of benzene rings is 2. The van der Waals surface area contributed by atoms with Gasteiger partial charge < -0.3 is 5.11 Å². The lowest BCUT2D eigenvalue weighted by Gasteiger charge is -2.19. The van der Waals surface area contributed by atoms with Gasteiger partial charge in [0.05, 0.1) is 5.56 Å². The van der Waals surface area contributed by atoms with Crippen molar-refractivity contribution in [3.8, 4) is 0 Å². The zero-order chi connectivity index (χ0) is 15.8. The largest absolute Gasteiger partial charge is 0.416 e. The standard InChI is InChI=1S/C15H11ClF4O/c1-8-6-10(12(16)7-13(8)17)14(21)9-4-2-3-5-11(9)15(18,19)20/h2-7,14,21H,1H3. The van der Waals surface area contributed by atoms with Crippen molar-refractivity contribution in [2.24, 2.45) is 0 Å². The molecule has 0 aromatic heterocycles. The molecule has 0 bridgehead atoms. The second kappa shape index (κ2) is 5.66. The predicted octanol–water partition coefficient (Wildman–Crippen LogP) is 4.89. The van der Waals surface area contributed by atoms with Gasteiger partial charge in [0.15, 0.2) is 0 Å². The van der Waals surface area contributed by atoms with Crippen molar-refractivity contribution in [2.45, 2.75) is 19.2 Å². The second-order valence-electron chi connectivity index (χ2n) is 4.61. The van der Waals surface area contributed by atoms with E-state index in [2.05, 4.69) is 0 Å². The maximum Gasteiger partial charge on any atom is 0.416 e. The number of hydrogen-bond donors (Lipinski definition) is 1. The Morgan fingerprint density at radius 2 is 1.71 bits per heavy atom. The van der Waals surface area contributed by atoms with Gasteiger partial charge in [-0.1, -0.05) is 29.8 Å². The number of halogens is 5. The third-order valence-electron chi connectivity index (χ3n) is 3.13. The number of alkyl halides is 3. The fourth-order valence-electron chi connectivity index (χ4n) is 2.05. The summed E-state index contributed by atoms with van der Waals surface area (Å²) in [7, 11) is 0. The average Bonchev–Trinajstić information content (AvgIpc) is 2.41. The van der Waals surface area contributed by atoms with Gasteiger partial charge in [-0.3, -0.25) is 0 Å². The number of rotatable bonds is 2. The third kappa shape index (κ3) is 3.19. The van der Waals surface area contributed by atoms with Gasteiger partial charge in [-0.05, 0) is 36.2 Å². The van der Waals surface area contributed by atoms with Crippen molar-refractivity contribution in [3.05, 3.63) is 69.5 Å². The van der Waals surface area contributed by atoms with Crippen LogP contribution in [0.2, 0.25) is 5.02 Å². The summed E-state index contributed by atoms with van der Waals surface area (Å²) in [6, 6.07) is 6.89. The van der Waals surface area contributed by atoms with Gasteiger partial charge in [0.2, 0.25) is 0 Å². The molecule has 0 spiro atoms. The van der Waals surface area contributed by atoms with Crippen molar-refractivity contribution in [3.63, 3.8) is 0 Å². The van der Waals surface area contributed by atoms with Gasteiger partial charge >= 0.3 is 6.18 Å². The maximum absolute atomic E-state index is 13.3. The van der Waals surface area contributed by atoms with Crippen molar-refractivity contribution >= 4 is 11.6 Å². The summed E-state index contributed by atoms with van der Waals surface area (Å²) in [5.74, 6) is -0.583. The third-order valence-corrected chi connectivity index (χ3v) is 3.46. The van der Waals surface area contributed by atoms with Gasteiger partial charge in [-0.15, -0.1) is 0 Å². The van der Waals surface area contributed by atoms with Crippen molar-refractivity contribution in [2.75, 3.05) is 0 Å². The van der Waals surface area contributed by atoms with Crippen LogP contribution in [0.15, 0.2) is 36.4 Å². The highest BCUT2D eigenvalue weighted by Gasteiger charge is 2.35. The van der Waals surface area contributed by atoms with Gasteiger partial charge in [0, 0.05) is 10.6 Å². The Morgan fingerprint density at radius 3 is 2.33 bits per heavy atom. The Balaban J connectivity index is 2.56. The van der Waals surface area contributed by atoms with Gasteiger partial charge in [-0.25, -0.2) is 4.39 Å². The topological polar surface area (TPSA) is 20.2 Å². The molecule has 1 atom stereocenters. The summed E-state index contributed by atoms with van der Waals surface area (Å²) in [5.41, 5.74) is -1.04. The molecule has 2 rings (SSSR count). The molecule has 1 unspecified atom stereocenters. The van der Waals surface area contributed by atoms with E-state index in [9.17, 15) is 22.7 Å². The predicted molar refractivity (Wildman–Crippen MR) is 71.7 cm³/mol. The smallest absolute Gasteiger partial charge is 0.384 e. The van der Waals surface area contributed by atoms with E-state index in [0.29, 0.717) is 0 Å². The number of aliphatic hydroxyl groups excluding tert-OH is 1. The van der Waals surface area contributed by atoms with Crippen LogP contribution in [-0.4, -0.2) is 5.11 Å². The number of aryl methyl sites for hydroxylation is 1. The molecule has 0 aliphatic heterocycles. The molecule has 112 valence electrons. The van der Waals surface area contributed by atoms with Crippen LogP contribution in [0.4, 0.5) is 17.6 Å². The fourth-order valence-corrected chi connectivity index (χ4v) is 2.30. The molecule has 0 fully saturated rings. The second-order valence-corrected chi connectivity index (χ2v) is 5.02. The van der Waals surface area contributed by atoms with Crippen LogP contribution in [0, 0.1) is 12.7 Å². The van der Waals surface area contributed by atoms with E-state index in [-0.39, 0.29) is 21.7 Å². The Morgan fingerprint density at radius 1 is 1.10 bits per heavy atom. The molecule has 2 aromatic rings. The lowest BCUT2D eigenvalue weighted by Crippen LogP contribution is -2.13. The van der Waals surface area contributed by atoms with Crippen LogP contribution in [-0.2, 0) is 6.18 Å². The molecule has 2 aromatic carbocycles. The summed E-state index contributed by atoms with van der Waals surface area (Å²) < 4.78 is 52.2. The Labute approximate surface area is 123 Å². The van der Waals surface area contributed by atoms with Crippen LogP contribution in [0.25, 0.3) is 0 Å². The molecule has 0 heterocycles. The molecule has 0 saturated carbocycles. The molecule has 1 N–H and O–H groups in total. The van der Waals surface area contributed by atoms with Crippen LogP contribution >= 0.6 is 11.6 Å². The minimum atomic E-state index is -4.60. The molecule has 0 amide bonds. The SMILES string of the molecule is Cc1cc(C(O)c2ccccc2C(F)(F)F)c(Cl)cc1F. The van der Waals surface area contributed by atoms with Crippen LogP contribution in [0.5, 0.6) is 0 Å². The van der Waals surface area contributed by atoms with E-state index in [1.807, 2.05) is 0 Å². The van der Waals surface area contributed by atoms with E-state index in [4.69, 9.17) is 11.6 Å². The van der Waals surface area contributed by atoms with Crippen LogP contribution in [0.3, 0.4) is 0 Å². The average molecular weight is 319 g/mol. The summed E-state index contributed by atoms with van der Waals surface area (Å²) in [5, 5.41) is 10.1. The first-order chi connectivity index (χ1) is 9.71. The molecule has 0 aliphatic carbocycles. The first-order valence-electron chi connectivity index (χ1n) is 6.01. The summed E-state index contributed by atoms with van der Waals surface area (Å²) in [6.45, 7) is 1.44. The van der Waals surface area contributed by atoms with Crippen molar-refractivity contribution in [1.82, 2.24) is 0 Å². The zero-order valence-electron chi connectivity index (χ0n) is 10.9. The van der Waals surface area contributed by atoms with E-state index in [0.717, 1.165) is 12.1 Å². The van der Waals surface area contributed by atoms with E-state index >= 15 is 0 Å². The quantitative estimate of drug-likeness (QED) is 0.782. The number of hydrogen-bond acceptors (Lipinski definition) is 1. The molecule has 6 heteroatoms. The Hall–Kier alpha value is -1.59. The summed E-state index contributed by atoms with van der Waals surface area (Å²) in [6.07, 6.45) is -6.19. The summed E-state index contributed by atoms with van der Waals surface area (Å²) in [4.78, 5) is 0. The van der Waals surface area contributed by atoms with E-state index in [1.54, 1.807) is 0 Å². The normalized spacial score (nSPS) is 13.3. The molecule has 1 nitrogen and oxygen atoms in total. The Bertz CT molecular complexity index is 667. The van der Waals surface area contributed by atoms with Crippen molar-refractivity contribution in [1.29, 1.82) is 0 Å². The molecular weight excluding hydrogens is 308 g/mol. The van der Waals surface area contributed by atoms with Gasteiger partial charge in [0.1, 0.15) is 11.9 Å². The number of aliphatic hydroxyl groups is 1. The van der Waals surface area contributed by atoms with Crippen LogP contribution in [0.1, 0.15) is 28.4 Å². The molecule has 0 radical (unpaired) electrons. The highest BCUT2D eigenvalue weighted by Crippen LogP contribution is 2.38.